The minimum atomic E-state index is 0.158. The zero-order chi connectivity index (χ0) is 14.7. The Labute approximate surface area is 135 Å². The van der Waals surface area contributed by atoms with E-state index in [1.807, 2.05) is 29.2 Å². The van der Waals surface area contributed by atoms with E-state index >= 15 is 0 Å². The van der Waals surface area contributed by atoms with E-state index in [0.29, 0.717) is 0 Å². The third-order valence-corrected chi connectivity index (χ3v) is 5.49. The van der Waals surface area contributed by atoms with Gasteiger partial charge in [-0.3, -0.25) is 9.69 Å². The lowest BCUT2D eigenvalue weighted by atomic mass is 9.94. The van der Waals surface area contributed by atoms with Gasteiger partial charge in [0.15, 0.2) is 0 Å². The molecular weight excluding hydrogens is 328 g/mol. The fourth-order valence-corrected chi connectivity index (χ4v) is 4.00. The number of hydrogen-bond acceptors (Lipinski definition) is 2. The summed E-state index contributed by atoms with van der Waals surface area (Å²) < 4.78 is 0.893. The van der Waals surface area contributed by atoms with Gasteiger partial charge < -0.3 is 4.90 Å². The van der Waals surface area contributed by atoms with Crippen LogP contribution < -0.4 is 0 Å². The van der Waals surface area contributed by atoms with Crippen molar-refractivity contribution in [3.8, 4) is 0 Å². The Morgan fingerprint density at radius 2 is 1.67 bits per heavy atom. The highest BCUT2D eigenvalue weighted by atomic mass is 79.9. The van der Waals surface area contributed by atoms with E-state index in [4.69, 9.17) is 0 Å². The van der Waals surface area contributed by atoms with Crippen LogP contribution in [0.25, 0.3) is 0 Å². The van der Waals surface area contributed by atoms with Gasteiger partial charge in [-0.05, 0) is 40.9 Å². The lowest BCUT2D eigenvalue weighted by molar-refractivity contribution is 0.0522. The number of hydrogen-bond donors (Lipinski definition) is 0. The molecule has 114 valence electrons. The summed E-state index contributed by atoms with van der Waals surface area (Å²) in [6.07, 6.45) is 6.84. The van der Waals surface area contributed by atoms with E-state index in [1.54, 1.807) is 0 Å². The van der Waals surface area contributed by atoms with Crippen LogP contribution in [-0.4, -0.2) is 47.9 Å². The van der Waals surface area contributed by atoms with Gasteiger partial charge in [-0.15, -0.1) is 0 Å². The highest BCUT2D eigenvalue weighted by Crippen LogP contribution is 2.24. The van der Waals surface area contributed by atoms with Crippen LogP contribution in [0, 0.1) is 0 Å². The highest BCUT2D eigenvalue weighted by Gasteiger charge is 2.27. The summed E-state index contributed by atoms with van der Waals surface area (Å²) in [5.41, 5.74) is 0.781. The number of carbonyl (C=O) groups is 1. The second-order valence-electron chi connectivity index (χ2n) is 6.10. The van der Waals surface area contributed by atoms with Crippen LogP contribution in [0.3, 0.4) is 0 Å². The van der Waals surface area contributed by atoms with E-state index in [2.05, 4.69) is 20.8 Å². The SMILES string of the molecule is O=C(c1ccccc1Br)N1CCN(C2CCCCC2)CC1. The molecule has 0 aromatic heterocycles. The first-order valence-corrected chi connectivity index (χ1v) is 8.83. The van der Waals surface area contributed by atoms with Gasteiger partial charge in [0.05, 0.1) is 5.56 Å². The second kappa shape index (κ2) is 6.93. The minimum absolute atomic E-state index is 0.158. The first-order valence-electron chi connectivity index (χ1n) is 8.03. The molecule has 3 rings (SSSR count). The summed E-state index contributed by atoms with van der Waals surface area (Å²) in [7, 11) is 0. The molecule has 0 N–H and O–H groups in total. The average Bonchev–Trinajstić information content (AvgIpc) is 2.56. The predicted molar refractivity (Wildman–Crippen MR) is 88.5 cm³/mol. The summed E-state index contributed by atoms with van der Waals surface area (Å²) >= 11 is 3.48. The molecule has 1 aliphatic heterocycles. The van der Waals surface area contributed by atoms with Crippen molar-refractivity contribution in [2.24, 2.45) is 0 Å². The maximum Gasteiger partial charge on any atom is 0.255 e. The van der Waals surface area contributed by atoms with Crippen molar-refractivity contribution in [3.05, 3.63) is 34.3 Å². The van der Waals surface area contributed by atoms with E-state index in [1.165, 1.54) is 32.1 Å². The molecule has 4 heteroatoms. The van der Waals surface area contributed by atoms with Crippen LogP contribution in [0.15, 0.2) is 28.7 Å². The van der Waals surface area contributed by atoms with Crippen LogP contribution in [0.2, 0.25) is 0 Å². The molecule has 1 amide bonds. The van der Waals surface area contributed by atoms with Gasteiger partial charge in [0.25, 0.3) is 5.91 Å². The molecule has 0 unspecified atom stereocenters. The fourth-order valence-electron chi connectivity index (χ4n) is 3.54. The highest BCUT2D eigenvalue weighted by molar-refractivity contribution is 9.10. The number of nitrogens with zero attached hydrogens (tertiary/aromatic N) is 2. The quantitative estimate of drug-likeness (QED) is 0.814. The summed E-state index contributed by atoms with van der Waals surface area (Å²) in [6, 6.07) is 8.48. The molecule has 1 saturated heterocycles. The molecular formula is C17H23BrN2O. The van der Waals surface area contributed by atoms with Crippen molar-refractivity contribution >= 4 is 21.8 Å². The molecule has 2 aliphatic rings. The van der Waals surface area contributed by atoms with E-state index in [-0.39, 0.29) is 5.91 Å². The monoisotopic (exact) mass is 350 g/mol. The zero-order valence-electron chi connectivity index (χ0n) is 12.4. The van der Waals surface area contributed by atoms with E-state index in [0.717, 1.165) is 42.3 Å². The molecule has 1 heterocycles. The number of halogens is 1. The van der Waals surface area contributed by atoms with Crippen LogP contribution in [0.5, 0.6) is 0 Å². The van der Waals surface area contributed by atoms with Crippen molar-refractivity contribution in [2.45, 2.75) is 38.1 Å². The van der Waals surface area contributed by atoms with Gasteiger partial charge in [0.2, 0.25) is 0 Å². The third-order valence-electron chi connectivity index (χ3n) is 4.80. The smallest absolute Gasteiger partial charge is 0.255 e. The van der Waals surface area contributed by atoms with Crippen LogP contribution in [0.1, 0.15) is 42.5 Å². The van der Waals surface area contributed by atoms with Gasteiger partial charge in [-0.2, -0.15) is 0 Å². The molecule has 2 fully saturated rings. The van der Waals surface area contributed by atoms with Crippen molar-refractivity contribution in [1.29, 1.82) is 0 Å². The average molecular weight is 351 g/mol. The van der Waals surface area contributed by atoms with Crippen LogP contribution >= 0.6 is 15.9 Å². The van der Waals surface area contributed by atoms with Crippen LogP contribution in [-0.2, 0) is 0 Å². The maximum absolute atomic E-state index is 12.6. The Morgan fingerprint density at radius 3 is 2.33 bits per heavy atom. The van der Waals surface area contributed by atoms with Gasteiger partial charge in [0.1, 0.15) is 0 Å². The molecule has 0 spiro atoms. The van der Waals surface area contributed by atoms with E-state index in [9.17, 15) is 4.79 Å². The molecule has 0 bridgehead atoms. The van der Waals surface area contributed by atoms with Crippen molar-refractivity contribution in [2.75, 3.05) is 26.2 Å². The Bertz CT molecular complexity index is 491. The predicted octanol–water partition coefficient (Wildman–Crippen LogP) is 3.54. The lowest BCUT2D eigenvalue weighted by Crippen LogP contribution is -2.52. The van der Waals surface area contributed by atoms with Crippen LogP contribution in [0.4, 0.5) is 0 Å². The summed E-state index contributed by atoms with van der Waals surface area (Å²) in [4.78, 5) is 17.2. The molecule has 1 aromatic rings. The van der Waals surface area contributed by atoms with Gasteiger partial charge >= 0.3 is 0 Å². The largest absolute Gasteiger partial charge is 0.336 e. The molecule has 1 aliphatic carbocycles. The maximum atomic E-state index is 12.6. The molecule has 21 heavy (non-hydrogen) atoms. The summed E-state index contributed by atoms with van der Waals surface area (Å²) in [5.74, 6) is 0.158. The second-order valence-corrected chi connectivity index (χ2v) is 6.95. The lowest BCUT2D eigenvalue weighted by Gasteiger charge is -2.40. The van der Waals surface area contributed by atoms with Crippen molar-refractivity contribution < 1.29 is 4.79 Å². The Morgan fingerprint density at radius 1 is 1.00 bits per heavy atom. The summed E-state index contributed by atoms with van der Waals surface area (Å²) in [6.45, 7) is 3.77. The molecule has 1 saturated carbocycles. The first kappa shape index (κ1) is 15.0. The molecule has 1 aromatic carbocycles. The Hall–Kier alpha value is -0.870. The normalized spacial score (nSPS) is 21.5. The molecule has 3 nitrogen and oxygen atoms in total. The minimum Gasteiger partial charge on any atom is -0.336 e. The number of amides is 1. The standard InChI is InChI=1S/C17H23BrN2O/c18-16-9-5-4-8-15(16)17(21)20-12-10-19(11-13-20)14-6-2-1-3-7-14/h4-5,8-9,14H,1-3,6-7,10-13H2. The van der Waals surface area contributed by atoms with Crippen molar-refractivity contribution in [3.63, 3.8) is 0 Å². The Balaban J connectivity index is 1.58. The molecule has 0 atom stereocenters. The van der Waals surface area contributed by atoms with Gasteiger partial charge in [-0.25, -0.2) is 0 Å². The van der Waals surface area contributed by atoms with Gasteiger partial charge in [0, 0.05) is 36.7 Å². The number of piperazine rings is 1. The van der Waals surface area contributed by atoms with E-state index < -0.39 is 0 Å². The fraction of sp³-hybridized carbons (Fsp3) is 0.588. The van der Waals surface area contributed by atoms with Gasteiger partial charge in [-0.1, -0.05) is 31.4 Å². The number of carbonyl (C=O) groups excluding carboxylic acids is 1. The van der Waals surface area contributed by atoms with Crippen molar-refractivity contribution in [1.82, 2.24) is 9.80 Å². The summed E-state index contributed by atoms with van der Waals surface area (Å²) in [5, 5.41) is 0. The number of rotatable bonds is 2. The number of benzene rings is 1. The third kappa shape index (κ3) is 3.49. The molecule has 0 radical (unpaired) electrons. The zero-order valence-corrected chi connectivity index (χ0v) is 14.0. The Kier molecular flexibility index (Phi) is 4.96. The first-order chi connectivity index (χ1) is 10.3. The topological polar surface area (TPSA) is 23.6 Å².